The number of aromatic nitrogens is 1. The van der Waals surface area contributed by atoms with Gasteiger partial charge in [0.1, 0.15) is 0 Å². The number of allylic oxidation sites excluding steroid dienone is 2. The maximum atomic E-state index is 4.78. The van der Waals surface area contributed by atoms with Crippen molar-refractivity contribution in [2.45, 2.75) is 59.8 Å². The van der Waals surface area contributed by atoms with Gasteiger partial charge in [0.05, 0.1) is 5.69 Å². The highest BCUT2D eigenvalue weighted by molar-refractivity contribution is 5.94. The van der Waals surface area contributed by atoms with Crippen molar-refractivity contribution in [1.82, 2.24) is 4.98 Å². The maximum absolute atomic E-state index is 4.78. The van der Waals surface area contributed by atoms with E-state index >= 15 is 0 Å². The van der Waals surface area contributed by atoms with E-state index in [4.69, 9.17) is 4.98 Å². The second-order valence-corrected chi connectivity index (χ2v) is 12.5. The minimum absolute atomic E-state index is 0.386. The third kappa shape index (κ3) is 4.41. The first kappa shape index (κ1) is 27.3. The molecule has 0 saturated carbocycles. The second-order valence-electron chi connectivity index (χ2n) is 12.5. The molecule has 1 nitrogen and oxygen atoms in total. The van der Waals surface area contributed by atoms with Crippen molar-refractivity contribution < 1.29 is 0 Å². The van der Waals surface area contributed by atoms with Crippen molar-refractivity contribution in [2.75, 3.05) is 0 Å². The van der Waals surface area contributed by atoms with Crippen LogP contribution in [0.3, 0.4) is 0 Å². The number of aryl methyl sites for hydroxylation is 1. The topological polar surface area (TPSA) is 12.9 Å². The van der Waals surface area contributed by atoms with Crippen LogP contribution in [0.2, 0.25) is 0 Å². The highest BCUT2D eigenvalue weighted by Crippen LogP contribution is 2.47. The Bertz CT molecular complexity index is 1960. The van der Waals surface area contributed by atoms with E-state index < -0.39 is 0 Å². The number of nitrogens with zero attached hydrogens (tertiary/aromatic N) is 1. The summed E-state index contributed by atoms with van der Waals surface area (Å²) in [5, 5.41) is 0. The summed E-state index contributed by atoms with van der Waals surface area (Å²) in [6.45, 7) is 15.6. The average Bonchev–Trinajstić information content (AvgIpc) is 3.30. The van der Waals surface area contributed by atoms with E-state index in [9.17, 15) is 0 Å². The van der Waals surface area contributed by atoms with Crippen LogP contribution < -0.4 is 0 Å². The number of fused-ring (bicyclic) bond motifs is 6. The van der Waals surface area contributed by atoms with Crippen molar-refractivity contribution >= 4 is 11.6 Å². The Morgan fingerprint density at radius 2 is 1.65 bits per heavy atom. The van der Waals surface area contributed by atoms with Crippen molar-refractivity contribution in [2.24, 2.45) is 0 Å². The molecule has 1 heterocycles. The highest BCUT2D eigenvalue weighted by atomic mass is 14.7. The molecule has 4 aromatic carbocycles. The molecule has 0 bridgehead atoms. The van der Waals surface area contributed by atoms with E-state index in [0.717, 1.165) is 25.0 Å². The summed E-state index contributed by atoms with van der Waals surface area (Å²) in [5.41, 5.74) is 22.8. The second kappa shape index (κ2) is 10.7. The first-order chi connectivity index (χ1) is 20.9. The van der Waals surface area contributed by atoms with Crippen molar-refractivity contribution in [3.63, 3.8) is 0 Å². The minimum Gasteiger partial charge on any atom is -0.256 e. The molecule has 0 aliphatic heterocycles. The van der Waals surface area contributed by atoms with Crippen molar-refractivity contribution in [3.05, 3.63) is 147 Å². The average molecular weight is 558 g/mol. The van der Waals surface area contributed by atoms with Gasteiger partial charge in [0.2, 0.25) is 0 Å². The SMILES string of the molecule is C=Cc1c(CC)c(-c2ccc(C)cc2Cc2ccc3c(c2)-c2ncccc2C3C)cc2c1CC(=C(C)C)c1ccccc1-2. The Morgan fingerprint density at radius 1 is 0.837 bits per heavy atom. The number of pyridine rings is 1. The summed E-state index contributed by atoms with van der Waals surface area (Å²) < 4.78 is 0. The predicted molar refractivity (Wildman–Crippen MR) is 183 cm³/mol. The van der Waals surface area contributed by atoms with Crippen LogP contribution in [0.5, 0.6) is 0 Å². The summed E-state index contributed by atoms with van der Waals surface area (Å²) in [6.07, 6.45) is 6.82. The molecule has 0 radical (unpaired) electrons. The zero-order chi connectivity index (χ0) is 29.8. The molecular weight excluding hydrogens is 518 g/mol. The van der Waals surface area contributed by atoms with Gasteiger partial charge in [0, 0.05) is 17.7 Å². The fourth-order valence-corrected chi connectivity index (χ4v) is 7.60. The van der Waals surface area contributed by atoms with E-state index in [1.807, 2.05) is 6.20 Å². The Hall–Kier alpha value is -4.49. The molecule has 0 spiro atoms. The Kier molecular flexibility index (Phi) is 6.78. The lowest BCUT2D eigenvalue weighted by Crippen LogP contribution is -2.10. The molecule has 0 amide bonds. The molecule has 2 aliphatic carbocycles. The Morgan fingerprint density at radius 3 is 2.42 bits per heavy atom. The van der Waals surface area contributed by atoms with Gasteiger partial charge in [-0.3, -0.25) is 4.98 Å². The van der Waals surface area contributed by atoms with Crippen LogP contribution in [0.15, 0.2) is 97.2 Å². The number of rotatable bonds is 5. The summed E-state index contributed by atoms with van der Waals surface area (Å²) >= 11 is 0. The molecule has 7 rings (SSSR count). The first-order valence-electron chi connectivity index (χ1n) is 15.6. The van der Waals surface area contributed by atoms with E-state index in [-0.39, 0.29) is 0 Å². The largest absolute Gasteiger partial charge is 0.256 e. The maximum Gasteiger partial charge on any atom is 0.0743 e. The smallest absolute Gasteiger partial charge is 0.0743 e. The van der Waals surface area contributed by atoms with Gasteiger partial charge in [-0.05, 0) is 131 Å². The van der Waals surface area contributed by atoms with Crippen LogP contribution in [-0.2, 0) is 19.3 Å². The minimum atomic E-state index is 0.386. The molecule has 1 atom stereocenters. The third-order valence-electron chi connectivity index (χ3n) is 9.74. The third-order valence-corrected chi connectivity index (χ3v) is 9.74. The number of benzene rings is 4. The quantitative estimate of drug-likeness (QED) is 0.209. The lowest BCUT2D eigenvalue weighted by molar-refractivity contribution is 0.950. The molecule has 0 N–H and O–H groups in total. The molecule has 0 saturated heterocycles. The number of hydrogen-bond acceptors (Lipinski definition) is 1. The molecule has 2 aliphatic rings. The van der Waals surface area contributed by atoms with Gasteiger partial charge in [0.15, 0.2) is 0 Å². The van der Waals surface area contributed by atoms with Gasteiger partial charge < -0.3 is 0 Å². The van der Waals surface area contributed by atoms with Gasteiger partial charge in [-0.1, -0.05) is 98.3 Å². The summed E-state index contributed by atoms with van der Waals surface area (Å²) in [5.74, 6) is 0.386. The van der Waals surface area contributed by atoms with E-state index in [2.05, 4.69) is 126 Å². The van der Waals surface area contributed by atoms with Gasteiger partial charge in [-0.2, -0.15) is 0 Å². The van der Waals surface area contributed by atoms with Crippen molar-refractivity contribution in [3.8, 4) is 33.5 Å². The lowest BCUT2D eigenvalue weighted by Gasteiger charge is -2.29. The van der Waals surface area contributed by atoms with Crippen LogP contribution in [0.1, 0.15) is 83.7 Å². The normalized spacial score (nSPS) is 14.5. The van der Waals surface area contributed by atoms with Crippen LogP contribution in [0.4, 0.5) is 0 Å². The Balaban J connectivity index is 1.40. The molecule has 0 fully saturated rings. The fourth-order valence-electron chi connectivity index (χ4n) is 7.60. The van der Waals surface area contributed by atoms with Crippen LogP contribution >= 0.6 is 0 Å². The van der Waals surface area contributed by atoms with Gasteiger partial charge in [-0.15, -0.1) is 0 Å². The summed E-state index contributed by atoms with van der Waals surface area (Å²) in [6, 6.07) is 29.8. The van der Waals surface area contributed by atoms with E-state index in [1.165, 1.54) is 89.0 Å². The zero-order valence-electron chi connectivity index (χ0n) is 26.0. The van der Waals surface area contributed by atoms with Gasteiger partial charge >= 0.3 is 0 Å². The van der Waals surface area contributed by atoms with Gasteiger partial charge in [-0.25, -0.2) is 0 Å². The van der Waals surface area contributed by atoms with E-state index in [0.29, 0.717) is 5.92 Å². The molecule has 1 aromatic heterocycles. The van der Waals surface area contributed by atoms with Crippen LogP contribution in [-0.4, -0.2) is 4.98 Å². The molecule has 43 heavy (non-hydrogen) atoms. The lowest BCUT2D eigenvalue weighted by atomic mass is 9.75. The fraction of sp³-hybridized carbons (Fsp3) is 0.214. The molecule has 1 heteroatoms. The number of hydrogen-bond donors (Lipinski definition) is 0. The monoisotopic (exact) mass is 557 g/mol. The van der Waals surface area contributed by atoms with Crippen LogP contribution in [0.25, 0.3) is 45.2 Å². The first-order valence-corrected chi connectivity index (χ1v) is 15.6. The molecular formula is C42H39N. The molecule has 212 valence electrons. The molecule has 1 unspecified atom stereocenters. The molecule has 5 aromatic rings. The van der Waals surface area contributed by atoms with Crippen LogP contribution in [0, 0.1) is 6.92 Å². The van der Waals surface area contributed by atoms with Crippen molar-refractivity contribution in [1.29, 1.82) is 0 Å². The highest BCUT2D eigenvalue weighted by Gasteiger charge is 2.28. The summed E-state index contributed by atoms with van der Waals surface area (Å²) in [7, 11) is 0. The summed E-state index contributed by atoms with van der Waals surface area (Å²) in [4.78, 5) is 4.78. The zero-order valence-corrected chi connectivity index (χ0v) is 26.0. The predicted octanol–water partition coefficient (Wildman–Crippen LogP) is 11.0. The standard InChI is InChI=1S/C42H39N/c1-7-30-31(8-2)39-23-37(25(3)4)35-12-9-10-13-36(35)40(39)24-38(30)34-17-15-26(5)20-29(34)21-28-16-18-32-27(6)33-14-11-19-43-42(33)41(32)22-28/h8-20,22,24,27H,2,7,21,23H2,1,3-6H3. The van der Waals surface area contributed by atoms with E-state index in [1.54, 1.807) is 0 Å². The Labute approximate surface area is 256 Å². The van der Waals surface area contributed by atoms with Gasteiger partial charge in [0.25, 0.3) is 0 Å².